The zero-order valence-electron chi connectivity index (χ0n) is 16.0. The number of rotatable bonds is 5. The van der Waals surface area contributed by atoms with E-state index < -0.39 is 0 Å². The minimum atomic E-state index is -0.219. The van der Waals surface area contributed by atoms with Gasteiger partial charge in [0.2, 0.25) is 0 Å². The highest BCUT2D eigenvalue weighted by Gasteiger charge is 2.42. The Morgan fingerprint density at radius 1 is 1.15 bits per heavy atom. The molecule has 0 bridgehead atoms. The molecule has 0 saturated heterocycles. The Hall–Kier alpha value is -2.00. The second kappa shape index (κ2) is 8.35. The molecule has 2 aliphatic rings. The monoisotopic (exact) mass is 365 g/mol. The Balaban J connectivity index is 1.49. The van der Waals surface area contributed by atoms with E-state index >= 15 is 0 Å². The molecular formula is C24H28FNO. The van der Waals surface area contributed by atoms with Crippen LogP contribution >= 0.6 is 0 Å². The molecule has 2 aliphatic carbocycles. The number of allylic oxidation sites excluding steroid dienone is 1. The summed E-state index contributed by atoms with van der Waals surface area (Å²) in [5, 5.41) is 0. The van der Waals surface area contributed by atoms with Gasteiger partial charge in [0.25, 0.3) is 0 Å². The van der Waals surface area contributed by atoms with Crippen LogP contribution in [-0.2, 0) is 4.74 Å². The van der Waals surface area contributed by atoms with Crippen LogP contribution in [0.4, 0.5) is 4.39 Å². The maximum absolute atomic E-state index is 13.4. The Kier molecular flexibility index (Phi) is 5.68. The molecular weight excluding hydrogens is 337 g/mol. The third-order valence-electron chi connectivity index (χ3n) is 6.43. The van der Waals surface area contributed by atoms with E-state index in [0.717, 1.165) is 35.3 Å². The molecule has 0 radical (unpaired) electrons. The summed E-state index contributed by atoms with van der Waals surface area (Å²) < 4.78 is 18.9. The van der Waals surface area contributed by atoms with Gasteiger partial charge >= 0.3 is 0 Å². The molecule has 1 heterocycles. The van der Waals surface area contributed by atoms with Crippen LogP contribution in [0.2, 0.25) is 0 Å². The molecule has 0 unspecified atom stereocenters. The number of nitrogens with zero attached hydrogens (tertiary/aromatic N) is 1. The van der Waals surface area contributed by atoms with Gasteiger partial charge in [0.05, 0.1) is 5.69 Å². The fourth-order valence-corrected chi connectivity index (χ4v) is 5.18. The molecule has 4 rings (SSSR count). The van der Waals surface area contributed by atoms with Crippen molar-refractivity contribution < 1.29 is 9.13 Å². The lowest BCUT2D eigenvalue weighted by molar-refractivity contribution is 0.136. The summed E-state index contributed by atoms with van der Waals surface area (Å²) in [6, 6.07) is 10.7. The lowest BCUT2D eigenvalue weighted by atomic mass is 9.77. The summed E-state index contributed by atoms with van der Waals surface area (Å²) in [6.07, 6.45) is 13.2. The highest BCUT2D eigenvalue weighted by atomic mass is 19.1. The SMILES string of the molecule is COC[C@H]1C[C@H]2CCCC[C@@H]2[C@@H]1C=Cc1ccc(-c2cccc(F)c2)cn1. The van der Waals surface area contributed by atoms with Crippen LogP contribution in [0.1, 0.15) is 37.8 Å². The van der Waals surface area contributed by atoms with Crippen LogP contribution < -0.4 is 0 Å². The van der Waals surface area contributed by atoms with E-state index in [1.54, 1.807) is 12.1 Å². The van der Waals surface area contributed by atoms with E-state index in [1.807, 2.05) is 31.5 Å². The normalized spacial score (nSPS) is 27.8. The van der Waals surface area contributed by atoms with Gasteiger partial charge in [0.1, 0.15) is 5.82 Å². The maximum atomic E-state index is 13.4. The third kappa shape index (κ3) is 4.14. The molecule has 2 aromatic rings. The van der Waals surface area contributed by atoms with Gasteiger partial charge in [-0.1, -0.05) is 43.5 Å². The third-order valence-corrected chi connectivity index (χ3v) is 6.43. The highest BCUT2D eigenvalue weighted by Crippen LogP contribution is 2.49. The van der Waals surface area contributed by atoms with Crippen molar-refractivity contribution in [1.29, 1.82) is 0 Å². The summed E-state index contributed by atoms with van der Waals surface area (Å²) in [5.41, 5.74) is 2.77. The van der Waals surface area contributed by atoms with Gasteiger partial charge in [-0.15, -0.1) is 0 Å². The van der Waals surface area contributed by atoms with Crippen molar-refractivity contribution in [2.75, 3.05) is 13.7 Å². The number of hydrogen-bond acceptors (Lipinski definition) is 2. The first-order valence-electron chi connectivity index (χ1n) is 10.1. The molecule has 0 aliphatic heterocycles. The van der Waals surface area contributed by atoms with Crippen LogP contribution in [0.15, 0.2) is 48.7 Å². The number of aromatic nitrogens is 1. The van der Waals surface area contributed by atoms with Crippen molar-refractivity contribution >= 4 is 6.08 Å². The molecule has 2 saturated carbocycles. The smallest absolute Gasteiger partial charge is 0.123 e. The summed E-state index contributed by atoms with van der Waals surface area (Å²) in [4.78, 5) is 4.58. The molecule has 2 fully saturated rings. The first-order chi connectivity index (χ1) is 13.2. The summed E-state index contributed by atoms with van der Waals surface area (Å²) in [7, 11) is 1.81. The minimum absolute atomic E-state index is 0.219. The van der Waals surface area contributed by atoms with E-state index in [2.05, 4.69) is 17.1 Å². The largest absolute Gasteiger partial charge is 0.384 e. The highest BCUT2D eigenvalue weighted by molar-refractivity contribution is 5.63. The molecule has 2 nitrogen and oxygen atoms in total. The van der Waals surface area contributed by atoms with E-state index in [9.17, 15) is 4.39 Å². The Bertz CT molecular complexity index is 785. The Morgan fingerprint density at radius 3 is 2.81 bits per heavy atom. The lowest BCUT2D eigenvalue weighted by Crippen LogP contribution is -2.20. The zero-order chi connectivity index (χ0) is 18.6. The first kappa shape index (κ1) is 18.4. The zero-order valence-corrected chi connectivity index (χ0v) is 16.0. The number of fused-ring (bicyclic) bond motifs is 1. The van der Waals surface area contributed by atoms with Gasteiger partial charge in [0.15, 0.2) is 0 Å². The number of ether oxygens (including phenoxy) is 1. The second-order valence-electron chi connectivity index (χ2n) is 8.08. The minimum Gasteiger partial charge on any atom is -0.384 e. The molecule has 0 spiro atoms. The lowest BCUT2D eigenvalue weighted by Gasteiger charge is -2.28. The van der Waals surface area contributed by atoms with Crippen LogP contribution in [0.3, 0.4) is 0 Å². The van der Waals surface area contributed by atoms with Crippen molar-refractivity contribution in [1.82, 2.24) is 4.98 Å². The maximum Gasteiger partial charge on any atom is 0.123 e. The summed E-state index contributed by atoms with van der Waals surface area (Å²) in [6.45, 7) is 0.855. The van der Waals surface area contributed by atoms with Gasteiger partial charge in [0, 0.05) is 25.5 Å². The molecule has 142 valence electrons. The Morgan fingerprint density at radius 2 is 2.04 bits per heavy atom. The van der Waals surface area contributed by atoms with Crippen molar-refractivity contribution in [3.63, 3.8) is 0 Å². The van der Waals surface area contributed by atoms with E-state index in [-0.39, 0.29) is 5.82 Å². The van der Waals surface area contributed by atoms with Crippen molar-refractivity contribution in [3.05, 3.63) is 60.2 Å². The average molecular weight is 365 g/mol. The first-order valence-corrected chi connectivity index (χ1v) is 10.1. The Labute approximate surface area is 161 Å². The van der Waals surface area contributed by atoms with E-state index in [0.29, 0.717) is 11.8 Å². The molecule has 1 aromatic heterocycles. The van der Waals surface area contributed by atoms with Crippen LogP contribution in [-0.4, -0.2) is 18.7 Å². The summed E-state index contributed by atoms with van der Waals surface area (Å²) in [5.74, 6) is 2.69. The van der Waals surface area contributed by atoms with Gasteiger partial charge in [-0.2, -0.15) is 0 Å². The molecule has 4 atom stereocenters. The molecule has 0 N–H and O–H groups in total. The molecule has 1 aromatic carbocycles. The van der Waals surface area contributed by atoms with Crippen molar-refractivity contribution in [2.45, 2.75) is 32.1 Å². The fraction of sp³-hybridized carbons (Fsp3) is 0.458. The number of pyridine rings is 1. The second-order valence-corrected chi connectivity index (χ2v) is 8.08. The van der Waals surface area contributed by atoms with Crippen LogP contribution in [0, 0.1) is 29.5 Å². The van der Waals surface area contributed by atoms with Gasteiger partial charge in [-0.3, -0.25) is 4.98 Å². The quantitative estimate of drug-likeness (QED) is 0.649. The number of hydrogen-bond donors (Lipinski definition) is 0. The van der Waals surface area contributed by atoms with Gasteiger partial charge < -0.3 is 4.74 Å². The van der Waals surface area contributed by atoms with Crippen molar-refractivity contribution in [3.8, 4) is 11.1 Å². The predicted molar refractivity (Wildman–Crippen MR) is 108 cm³/mol. The number of methoxy groups -OCH3 is 1. The van der Waals surface area contributed by atoms with Crippen LogP contribution in [0.5, 0.6) is 0 Å². The van der Waals surface area contributed by atoms with Crippen molar-refractivity contribution in [2.24, 2.45) is 23.7 Å². The predicted octanol–water partition coefficient (Wildman–Crippen LogP) is 5.99. The van der Waals surface area contributed by atoms with E-state index in [1.165, 1.54) is 38.2 Å². The van der Waals surface area contributed by atoms with E-state index in [4.69, 9.17) is 4.74 Å². The van der Waals surface area contributed by atoms with Gasteiger partial charge in [-0.05, 0) is 66.4 Å². The topological polar surface area (TPSA) is 22.1 Å². The number of halogens is 1. The number of benzene rings is 1. The average Bonchev–Trinajstić information content (AvgIpc) is 3.04. The standard InChI is InChI=1S/C24H28FNO/c1-27-16-20-13-18-5-2-3-8-23(18)24(20)12-11-22-10-9-19(15-26-22)17-6-4-7-21(25)14-17/h4,6-7,9-12,14-15,18,20,23-24H,2-3,5,8,13,16H2,1H3/t18-,20-,23+,24-/m1/s1. The summed E-state index contributed by atoms with van der Waals surface area (Å²) >= 11 is 0. The fourth-order valence-electron chi connectivity index (χ4n) is 5.18. The van der Waals surface area contributed by atoms with Gasteiger partial charge in [-0.25, -0.2) is 4.39 Å². The molecule has 3 heteroatoms. The molecule has 27 heavy (non-hydrogen) atoms. The van der Waals surface area contributed by atoms with Crippen LogP contribution in [0.25, 0.3) is 17.2 Å². The molecule has 0 amide bonds.